The molecule has 1 saturated heterocycles. The smallest absolute Gasteiger partial charge is 0.0237 e. The van der Waals surface area contributed by atoms with Crippen molar-refractivity contribution in [1.82, 2.24) is 4.90 Å². The highest BCUT2D eigenvalue weighted by Gasteiger charge is 2.26. The molecular weight excluding hydrogens is 292 g/mol. The molecule has 2 atom stereocenters. The Bertz CT molecular complexity index is 675. The van der Waals surface area contributed by atoms with Crippen molar-refractivity contribution in [3.8, 4) is 0 Å². The summed E-state index contributed by atoms with van der Waals surface area (Å²) in [5, 5.41) is 0. The molecule has 1 fully saturated rings. The van der Waals surface area contributed by atoms with Crippen LogP contribution in [-0.4, -0.2) is 24.0 Å². The van der Waals surface area contributed by atoms with E-state index in [2.05, 4.69) is 68.1 Å². The number of nitrogens with zero attached hydrogens (tertiary/aromatic N) is 1. The lowest BCUT2D eigenvalue weighted by Gasteiger charge is -2.37. The molecule has 2 aromatic rings. The first-order chi connectivity index (χ1) is 11.5. The third-order valence-electron chi connectivity index (χ3n) is 5.31. The second kappa shape index (κ2) is 7.50. The molecule has 2 heteroatoms. The second-order valence-electron chi connectivity index (χ2n) is 7.41. The van der Waals surface area contributed by atoms with Crippen LogP contribution in [0.4, 0.5) is 0 Å². The standard InChI is InChI=1S/C22H30N2/c1-4-18-6-9-19(10-7-18)21-12-22(23)15-24(14-21)13-20-8-5-16(2)11-17(20)3/h5-11,21-22H,4,12-15,23H2,1-3H3. The summed E-state index contributed by atoms with van der Waals surface area (Å²) >= 11 is 0. The summed E-state index contributed by atoms with van der Waals surface area (Å²) in [6.45, 7) is 9.68. The normalized spacial score (nSPS) is 21.8. The highest BCUT2D eigenvalue weighted by Crippen LogP contribution is 2.28. The van der Waals surface area contributed by atoms with E-state index in [4.69, 9.17) is 5.73 Å². The van der Waals surface area contributed by atoms with Crippen LogP contribution in [0.1, 0.15) is 47.1 Å². The van der Waals surface area contributed by atoms with Crippen molar-refractivity contribution < 1.29 is 0 Å². The number of benzene rings is 2. The summed E-state index contributed by atoms with van der Waals surface area (Å²) < 4.78 is 0. The SMILES string of the molecule is CCc1ccc(C2CC(N)CN(Cc3ccc(C)cc3C)C2)cc1. The first-order valence-corrected chi connectivity index (χ1v) is 9.18. The average Bonchev–Trinajstić information content (AvgIpc) is 2.57. The van der Waals surface area contributed by atoms with Gasteiger partial charge in [0.15, 0.2) is 0 Å². The lowest BCUT2D eigenvalue weighted by molar-refractivity contribution is 0.181. The lowest BCUT2D eigenvalue weighted by Crippen LogP contribution is -2.45. The Balaban J connectivity index is 1.72. The van der Waals surface area contributed by atoms with Crippen molar-refractivity contribution in [3.63, 3.8) is 0 Å². The van der Waals surface area contributed by atoms with Gasteiger partial charge in [0.25, 0.3) is 0 Å². The molecule has 0 aromatic heterocycles. The molecule has 0 bridgehead atoms. The zero-order valence-electron chi connectivity index (χ0n) is 15.3. The van der Waals surface area contributed by atoms with Crippen LogP contribution in [0.25, 0.3) is 0 Å². The van der Waals surface area contributed by atoms with Crippen LogP contribution in [0, 0.1) is 13.8 Å². The fourth-order valence-electron chi connectivity index (χ4n) is 3.89. The predicted molar refractivity (Wildman–Crippen MR) is 102 cm³/mol. The lowest BCUT2D eigenvalue weighted by atomic mass is 9.87. The van der Waals surface area contributed by atoms with E-state index in [1.807, 2.05) is 0 Å². The number of hydrogen-bond acceptors (Lipinski definition) is 2. The first kappa shape index (κ1) is 17.2. The maximum atomic E-state index is 6.38. The second-order valence-corrected chi connectivity index (χ2v) is 7.41. The summed E-state index contributed by atoms with van der Waals surface area (Å²) in [6, 6.07) is 16.2. The van der Waals surface area contributed by atoms with Crippen LogP contribution in [0.15, 0.2) is 42.5 Å². The fourth-order valence-corrected chi connectivity index (χ4v) is 3.89. The highest BCUT2D eigenvalue weighted by atomic mass is 15.1. The van der Waals surface area contributed by atoms with E-state index in [0.717, 1.165) is 32.5 Å². The monoisotopic (exact) mass is 322 g/mol. The maximum Gasteiger partial charge on any atom is 0.0237 e. The summed E-state index contributed by atoms with van der Waals surface area (Å²) in [5.41, 5.74) is 13.4. The fraction of sp³-hybridized carbons (Fsp3) is 0.455. The van der Waals surface area contributed by atoms with Gasteiger partial charge in [0.05, 0.1) is 0 Å². The van der Waals surface area contributed by atoms with E-state index in [-0.39, 0.29) is 6.04 Å². The van der Waals surface area contributed by atoms with Crippen LogP contribution in [0.5, 0.6) is 0 Å². The van der Waals surface area contributed by atoms with Gasteiger partial charge in [0, 0.05) is 25.7 Å². The van der Waals surface area contributed by atoms with Gasteiger partial charge in [-0.2, -0.15) is 0 Å². The molecule has 2 nitrogen and oxygen atoms in total. The topological polar surface area (TPSA) is 29.3 Å². The number of nitrogens with two attached hydrogens (primary N) is 1. The van der Waals surface area contributed by atoms with Crippen molar-refractivity contribution in [3.05, 3.63) is 70.3 Å². The largest absolute Gasteiger partial charge is 0.327 e. The number of likely N-dealkylation sites (tertiary alicyclic amines) is 1. The molecule has 128 valence electrons. The third kappa shape index (κ3) is 4.06. The van der Waals surface area contributed by atoms with Crippen LogP contribution >= 0.6 is 0 Å². The first-order valence-electron chi connectivity index (χ1n) is 9.18. The van der Waals surface area contributed by atoms with Gasteiger partial charge in [-0.05, 0) is 54.9 Å². The molecule has 0 saturated carbocycles. The molecule has 2 unspecified atom stereocenters. The average molecular weight is 322 g/mol. The van der Waals surface area contributed by atoms with Crippen LogP contribution in [0.2, 0.25) is 0 Å². The Kier molecular flexibility index (Phi) is 5.37. The predicted octanol–water partition coefficient (Wildman–Crippen LogP) is 4.18. The van der Waals surface area contributed by atoms with Crippen LogP contribution in [-0.2, 0) is 13.0 Å². The highest BCUT2D eigenvalue weighted by molar-refractivity contribution is 5.31. The van der Waals surface area contributed by atoms with Crippen molar-refractivity contribution >= 4 is 0 Å². The summed E-state index contributed by atoms with van der Waals surface area (Å²) in [5.74, 6) is 0.547. The van der Waals surface area contributed by atoms with Gasteiger partial charge in [-0.25, -0.2) is 0 Å². The van der Waals surface area contributed by atoms with Gasteiger partial charge in [0.2, 0.25) is 0 Å². The number of rotatable bonds is 4. The zero-order valence-corrected chi connectivity index (χ0v) is 15.3. The van der Waals surface area contributed by atoms with Gasteiger partial charge < -0.3 is 5.73 Å². The zero-order chi connectivity index (χ0) is 17.1. The van der Waals surface area contributed by atoms with Crippen molar-refractivity contribution in [1.29, 1.82) is 0 Å². The van der Waals surface area contributed by atoms with Gasteiger partial charge in [0.1, 0.15) is 0 Å². The minimum atomic E-state index is 0.264. The number of aryl methyl sites for hydroxylation is 3. The minimum Gasteiger partial charge on any atom is -0.327 e. The van der Waals surface area contributed by atoms with E-state index in [0.29, 0.717) is 5.92 Å². The van der Waals surface area contributed by atoms with Crippen molar-refractivity contribution in [2.45, 2.75) is 52.1 Å². The molecule has 2 N–H and O–H groups in total. The van der Waals surface area contributed by atoms with Crippen molar-refractivity contribution in [2.75, 3.05) is 13.1 Å². The Morgan fingerprint density at radius 3 is 2.46 bits per heavy atom. The molecule has 0 radical (unpaired) electrons. The molecule has 0 amide bonds. The van der Waals surface area contributed by atoms with Crippen LogP contribution < -0.4 is 5.73 Å². The summed E-state index contributed by atoms with van der Waals surface area (Å²) in [6.07, 6.45) is 2.19. The quantitative estimate of drug-likeness (QED) is 0.915. The van der Waals surface area contributed by atoms with Crippen molar-refractivity contribution in [2.24, 2.45) is 5.73 Å². The number of piperidine rings is 1. The van der Waals surface area contributed by atoms with Gasteiger partial charge in [-0.1, -0.05) is 55.0 Å². The Morgan fingerprint density at radius 1 is 1.04 bits per heavy atom. The molecule has 0 spiro atoms. The summed E-state index contributed by atoms with van der Waals surface area (Å²) in [4.78, 5) is 2.53. The van der Waals surface area contributed by atoms with E-state index in [1.54, 1.807) is 0 Å². The van der Waals surface area contributed by atoms with E-state index < -0.39 is 0 Å². The molecular formula is C22H30N2. The minimum absolute atomic E-state index is 0.264. The molecule has 3 rings (SSSR count). The van der Waals surface area contributed by atoms with E-state index in [1.165, 1.54) is 27.8 Å². The van der Waals surface area contributed by atoms with Gasteiger partial charge in [-0.3, -0.25) is 4.90 Å². The van der Waals surface area contributed by atoms with Gasteiger partial charge in [-0.15, -0.1) is 0 Å². The van der Waals surface area contributed by atoms with Crippen LogP contribution in [0.3, 0.4) is 0 Å². The van der Waals surface area contributed by atoms with E-state index in [9.17, 15) is 0 Å². The van der Waals surface area contributed by atoms with E-state index >= 15 is 0 Å². The molecule has 2 aromatic carbocycles. The third-order valence-corrected chi connectivity index (χ3v) is 5.31. The summed E-state index contributed by atoms with van der Waals surface area (Å²) in [7, 11) is 0. The number of hydrogen-bond donors (Lipinski definition) is 1. The Labute approximate surface area is 146 Å². The Hall–Kier alpha value is -1.64. The molecule has 1 aliphatic rings. The molecule has 24 heavy (non-hydrogen) atoms. The maximum absolute atomic E-state index is 6.38. The van der Waals surface area contributed by atoms with Gasteiger partial charge >= 0.3 is 0 Å². The molecule has 1 heterocycles. The Morgan fingerprint density at radius 2 is 1.79 bits per heavy atom. The molecule has 1 aliphatic heterocycles. The molecule has 0 aliphatic carbocycles.